The average molecular weight is 395 g/mol. The SMILES string of the molecule is CCN(CC)C(=O)CCc1c(C)nn(-c2ccccc2)c1Oc1ccccc1F. The molecule has 2 aromatic carbocycles. The lowest BCUT2D eigenvalue weighted by Gasteiger charge is -2.18. The van der Waals surface area contributed by atoms with E-state index in [-0.39, 0.29) is 11.7 Å². The van der Waals surface area contributed by atoms with E-state index in [9.17, 15) is 9.18 Å². The molecule has 0 aliphatic rings. The number of rotatable bonds is 8. The summed E-state index contributed by atoms with van der Waals surface area (Å²) in [7, 11) is 0. The molecule has 1 amide bonds. The lowest BCUT2D eigenvalue weighted by Crippen LogP contribution is -2.30. The van der Waals surface area contributed by atoms with E-state index in [1.54, 1.807) is 27.8 Å². The molecule has 1 heterocycles. The molecule has 3 aromatic rings. The predicted molar refractivity (Wildman–Crippen MR) is 111 cm³/mol. The van der Waals surface area contributed by atoms with Crippen LogP contribution in [0.1, 0.15) is 31.5 Å². The minimum atomic E-state index is -0.448. The van der Waals surface area contributed by atoms with Gasteiger partial charge in [-0.1, -0.05) is 30.3 Å². The Kier molecular flexibility index (Phi) is 6.65. The first-order valence-electron chi connectivity index (χ1n) is 9.89. The highest BCUT2D eigenvalue weighted by Gasteiger charge is 2.21. The zero-order chi connectivity index (χ0) is 20.8. The van der Waals surface area contributed by atoms with Gasteiger partial charge >= 0.3 is 0 Å². The topological polar surface area (TPSA) is 47.4 Å². The second-order valence-corrected chi connectivity index (χ2v) is 6.71. The molecule has 1 aromatic heterocycles. The lowest BCUT2D eigenvalue weighted by atomic mass is 10.1. The minimum Gasteiger partial charge on any atom is -0.436 e. The van der Waals surface area contributed by atoms with Crippen molar-refractivity contribution >= 4 is 5.91 Å². The normalized spacial score (nSPS) is 10.8. The first-order valence-corrected chi connectivity index (χ1v) is 9.89. The van der Waals surface area contributed by atoms with E-state index in [0.717, 1.165) is 16.9 Å². The summed E-state index contributed by atoms with van der Waals surface area (Å²) in [6.07, 6.45) is 0.814. The Morgan fingerprint density at radius 1 is 1.07 bits per heavy atom. The second-order valence-electron chi connectivity index (χ2n) is 6.71. The van der Waals surface area contributed by atoms with E-state index in [2.05, 4.69) is 5.10 Å². The van der Waals surface area contributed by atoms with Crippen LogP contribution in [0.5, 0.6) is 11.6 Å². The monoisotopic (exact) mass is 395 g/mol. The Labute approximate surface area is 170 Å². The van der Waals surface area contributed by atoms with Gasteiger partial charge in [0.25, 0.3) is 0 Å². The van der Waals surface area contributed by atoms with E-state index in [1.807, 2.05) is 51.1 Å². The predicted octanol–water partition coefficient (Wildman–Crippen LogP) is 4.91. The van der Waals surface area contributed by atoms with Gasteiger partial charge in [-0.05, 0) is 51.5 Å². The quantitative estimate of drug-likeness (QED) is 0.544. The summed E-state index contributed by atoms with van der Waals surface area (Å²) >= 11 is 0. The van der Waals surface area contributed by atoms with Crippen LogP contribution in [0.2, 0.25) is 0 Å². The fourth-order valence-corrected chi connectivity index (χ4v) is 3.27. The fraction of sp³-hybridized carbons (Fsp3) is 0.304. The highest BCUT2D eigenvalue weighted by atomic mass is 19.1. The Morgan fingerprint density at radius 2 is 1.72 bits per heavy atom. The maximum atomic E-state index is 14.2. The van der Waals surface area contributed by atoms with Crippen molar-refractivity contribution in [1.29, 1.82) is 0 Å². The van der Waals surface area contributed by atoms with Gasteiger partial charge < -0.3 is 9.64 Å². The third-order valence-electron chi connectivity index (χ3n) is 4.89. The van der Waals surface area contributed by atoms with Crippen molar-refractivity contribution in [2.24, 2.45) is 0 Å². The van der Waals surface area contributed by atoms with Crippen LogP contribution in [0.25, 0.3) is 5.69 Å². The highest BCUT2D eigenvalue weighted by Crippen LogP contribution is 2.32. The Morgan fingerprint density at radius 3 is 2.38 bits per heavy atom. The molecule has 0 N–H and O–H groups in total. The number of nitrogens with zero attached hydrogens (tertiary/aromatic N) is 3. The zero-order valence-corrected chi connectivity index (χ0v) is 17.1. The summed E-state index contributed by atoms with van der Waals surface area (Å²) < 4.78 is 21.9. The molecule has 0 aliphatic carbocycles. The fourth-order valence-electron chi connectivity index (χ4n) is 3.27. The molecule has 0 atom stereocenters. The van der Waals surface area contributed by atoms with Gasteiger partial charge in [0.2, 0.25) is 11.8 Å². The molecule has 0 bridgehead atoms. The number of carbonyl (C=O) groups excluding carboxylic acids is 1. The number of ether oxygens (including phenoxy) is 1. The standard InChI is InChI=1S/C23H26FN3O2/c1-4-26(5-2)22(28)16-15-19-17(3)25-27(18-11-7-6-8-12-18)23(19)29-21-14-10-9-13-20(21)24/h6-14H,4-5,15-16H2,1-3H3. The van der Waals surface area contributed by atoms with Crippen LogP contribution in [0.4, 0.5) is 4.39 Å². The first-order chi connectivity index (χ1) is 14.0. The molecular formula is C23H26FN3O2. The van der Waals surface area contributed by atoms with Crippen LogP contribution < -0.4 is 4.74 Å². The Bertz CT molecular complexity index is 966. The van der Waals surface area contributed by atoms with Gasteiger partial charge in [-0.2, -0.15) is 5.10 Å². The van der Waals surface area contributed by atoms with Crippen molar-refractivity contribution in [2.45, 2.75) is 33.6 Å². The van der Waals surface area contributed by atoms with Crippen molar-refractivity contribution in [3.05, 3.63) is 71.7 Å². The van der Waals surface area contributed by atoms with Crippen LogP contribution in [0.3, 0.4) is 0 Å². The number of hydrogen-bond donors (Lipinski definition) is 0. The number of aryl methyl sites for hydroxylation is 1. The molecule has 152 valence electrons. The van der Waals surface area contributed by atoms with E-state index >= 15 is 0 Å². The van der Waals surface area contributed by atoms with Crippen molar-refractivity contribution in [2.75, 3.05) is 13.1 Å². The Balaban J connectivity index is 1.98. The molecule has 0 spiro atoms. The van der Waals surface area contributed by atoms with E-state index in [1.165, 1.54) is 6.07 Å². The average Bonchev–Trinajstić information content (AvgIpc) is 3.05. The van der Waals surface area contributed by atoms with E-state index in [4.69, 9.17) is 4.74 Å². The molecule has 5 nitrogen and oxygen atoms in total. The van der Waals surface area contributed by atoms with Gasteiger partial charge in [-0.3, -0.25) is 4.79 Å². The lowest BCUT2D eigenvalue weighted by molar-refractivity contribution is -0.130. The Hall–Kier alpha value is -3.15. The molecule has 0 aliphatic heterocycles. The molecule has 0 saturated carbocycles. The van der Waals surface area contributed by atoms with Crippen LogP contribution in [0, 0.1) is 12.7 Å². The third kappa shape index (κ3) is 4.65. The van der Waals surface area contributed by atoms with Crippen LogP contribution in [0.15, 0.2) is 54.6 Å². The van der Waals surface area contributed by atoms with E-state index in [0.29, 0.717) is 31.8 Å². The summed E-state index contributed by atoms with van der Waals surface area (Å²) in [5, 5.41) is 4.61. The summed E-state index contributed by atoms with van der Waals surface area (Å²) in [6.45, 7) is 7.16. The zero-order valence-electron chi connectivity index (χ0n) is 17.1. The number of carbonyl (C=O) groups is 1. The first kappa shape index (κ1) is 20.6. The maximum Gasteiger partial charge on any atom is 0.226 e. The van der Waals surface area contributed by atoms with Gasteiger partial charge in [0, 0.05) is 25.1 Å². The second kappa shape index (κ2) is 9.37. The molecule has 0 fully saturated rings. The van der Waals surface area contributed by atoms with Crippen molar-refractivity contribution in [1.82, 2.24) is 14.7 Å². The molecular weight excluding hydrogens is 369 g/mol. The van der Waals surface area contributed by atoms with Gasteiger partial charge in [0.05, 0.1) is 11.4 Å². The van der Waals surface area contributed by atoms with Crippen molar-refractivity contribution in [3.8, 4) is 17.3 Å². The summed E-state index contributed by atoms with van der Waals surface area (Å²) in [4.78, 5) is 14.3. The van der Waals surface area contributed by atoms with Gasteiger partial charge in [-0.25, -0.2) is 9.07 Å². The number of halogens is 1. The third-order valence-corrected chi connectivity index (χ3v) is 4.89. The van der Waals surface area contributed by atoms with Crippen LogP contribution in [-0.4, -0.2) is 33.7 Å². The number of amides is 1. The molecule has 0 radical (unpaired) electrons. The molecule has 0 saturated heterocycles. The van der Waals surface area contributed by atoms with Gasteiger partial charge in [0.15, 0.2) is 11.6 Å². The number of benzene rings is 2. The van der Waals surface area contributed by atoms with Crippen molar-refractivity contribution < 1.29 is 13.9 Å². The highest BCUT2D eigenvalue weighted by molar-refractivity contribution is 5.76. The van der Waals surface area contributed by atoms with E-state index < -0.39 is 5.82 Å². The summed E-state index contributed by atoms with van der Waals surface area (Å²) in [6, 6.07) is 15.8. The van der Waals surface area contributed by atoms with Crippen LogP contribution >= 0.6 is 0 Å². The number of hydrogen-bond acceptors (Lipinski definition) is 3. The smallest absolute Gasteiger partial charge is 0.226 e. The number of aromatic nitrogens is 2. The maximum absolute atomic E-state index is 14.2. The minimum absolute atomic E-state index is 0.0821. The summed E-state index contributed by atoms with van der Waals surface area (Å²) in [5.74, 6) is 0.196. The largest absolute Gasteiger partial charge is 0.436 e. The van der Waals surface area contributed by atoms with Crippen molar-refractivity contribution in [3.63, 3.8) is 0 Å². The molecule has 0 unspecified atom stereocenters. The molecule has 6 heteroatoms. The molecule has 29 heavy (non-hydrogen) atoms. The van der Waals surface area contributed by atoms with Gasteiger partial charge in [-0.15, -0.1) is 0 Å². The summed E-state index contributed by atoms with van der Waals surface area (Å²) in [5.41, 5.74) is 2.37. The van der Waals surface area contributed by atoms with Crippen LogP contribution in [-0.2, 0) is 11.2 Å². The number of para-hydroxylation sites is 2. The van der Waals surface area contributed by atoms with Gasteiger partial charge in [0.1, 0.15) is 0 Å². The molecule has 3 rings (SSSR count).